The molecule has 2 rings (SSSR count). The molecular weight excluding hydrogens is 224 g/mol. The Morgan fingerprint density at radius 1 is 1.65 bits per heavy atom. The summed E-state index contributed by atoms with van der Waals surface area (Å²) < 4.78 is 5.08. The van der Waals surface area contributed by atoms with E-state index in [0.29, 0.717) is 31.6 Å². The second-order valence-electron chi connectivity index (χ2n) is 3.97. The molecule has 2 heterocycles. The average molecular weight is 238 g/mol. The Morgan fingerprint density at radius 2 is 2.41 bits per heavy atom. The number of aliphatic carboxylic acids is 1. The number of aromatic nitrogens is 1. The van der Waals surface area contributed by atoms with Crippen molar-refractivity contribution in [3.63, 3.8) is 0 Å². The number of hydrogen-bond acceptors (Lipinski definition) is 4. The lowest BCUT2D eigenvalue weighted by atomic mass is 10.2. The van der Waals surface area contributed by atoms with E-state index in [2.05, 4.69) is 4.98 Å². The quantitative estimate of drug-likeness (QED) is 0.846. The Kier molecular flexibility index (Phi) is 3.12. The van der Waals surface area contributed by atoms with Crippen LogP contribution in [0.5, 0.6) is 0 Å². The van der Waals surface area contributed by atoms with Crippen molar-refractivity contribution in [1.82, 2.24) is 9.88 Å². The molecule has 1 aliphatic heterocycles. The molecular formula is C11H14N2O4. The molecule has 1 N–H and O–H groups in total. The third-order valence-corrected chi connectivity index (χ3v) is 2.96. The van der Waals surface area contributed by atoms with Crippen LogP contribution in [0.2, 0.25) is 0 Å². The van der Waals surface area contributed by atoms with E-state index in [0.717, 1.165) is 0 Å². The lowest BCUT2D eigenvalue weighted by Gasteiger charge is -2.20. The summed E-state index contributed by atoms with van der Waals surface area (Å²) in [5, 5.41) is 9.02. The van der Waals surface area contributed by atoms with Gasteiger partial charge >= 0.3 is 5.97 Å². The predicted molar refractivity (Wildman–Crippen MR) is 57.6 cm³/mol. The van der Waals surface area contributed by atoms with Crippen molar-refractivity contribution in [2.45, 2.75) is 32.2 Å². The van der Waals surface area contributed by atoms with Gasteiger partial charge in [-0.25, -0.2) is 9.78 Å². The van der Waals surface area contributed by atoms with Crippen LogP contribution >= 0.6 is 0 Å². The Balaban J connectivity index is 2.23. The summed E-state index contributed by atoms with van der Waals surface area (Å²) in [5.41, 5.74) is 0.237. The molecule has 0 radical (unpaired) electrons. The van der Waals surface area contributed by atoms with Gasteiger partial charge in [0.25, 0.3) is 5.91 Å². The van der Waals surface area contributed by atoms with Crippen LogP contribution in [0.4, 0.5) is 0 Å². The number of aryl methyl sites for hydroxylation is 1. The minimum absolute atomic E-state index is 0.237. The van der Waals surface area contributed by atoms with Crippen LogP contribution < -0.4 is 0 Å². The Labute approximate surface area is 98.2 Å². The topological polar surface area (TPSA) is 83.6 Å². The molecule has 0 bridgehead atoms. The number of oxazole rings is 1. The Hall–Kier alpha value is -1.85. The van der Waals surface area contributed by atoms with E-state index in [1.165, 1.54) is 11.3 Å². The number of carbonyl (C=O) groups is 2. The first-order chi connectivity index (χ1) is 8.15. The molecule has 0 unspecified atom stereocenters. The lowest BCUT2D eigenvalue weighted by Crippen LogP contribution is -2.40. The third kappa shape index (κ3) is 2.02. The van der Waals surface area contributed by atoms with Crippen LogP contribution in [-0.4, -0.2) is 39.5 Å². The minimum Gasteiger partial charge on any atom is -0.480 e. The number of carboxylic acid groups (broad SMARTS) is 1. The first-order valence-corrected chi connectivity index (χ1v) is 5.61. The summed E-state index contributed by atoms with van der Waals surface area (Å²) in [6.07, 6.45) is 2.99. The van der Waals surface area contributed by atoms with E-state index in [1.807, 2.05) is 6.92 Å². The fourth-order valence-electron chi connectivity index (χ4n) is 2.10. The number of likely N-dealkylation sites (tertiary alicyclic amines) is 1. The van der Waals surface area contributed by atoms with Gasteiger partial charge in [0, 0.05) is 13.0 Å². The highest BCUT2D eigenvalue weighted by Crippen LogP contribution is 2.21. The normalized spacial score (nSPS) is 19.6. The van der Waals surface area contributed by atoms with Crippen molar-refractivity contribution >= 4 is 11.9 Å². The highest BCUT2D eigenvalue weighted by Gasteiger charge is 2.36. The molecule has 1 amide bonds. The van der Waals surface area contributed by atoms with Crippen molar-refractivity contribution < 1.29 is 19.1 Å². The molecule has 92 valence electrons. The standard InChI is InChI=1S/C11H14N2O4/c1-2-8-9(12-6-17-8)10(14)13-5-3-4-7(13)11(15)16/h6-7H,2-5H2,1H3,(H,15,16)/t7-/m1/s1. The molecule has 1 saturated heterocycles. The van der Waals surface area contributed by atoms with Crippen LogP contribution in [0.3, 0.4) is 0 Å². The number of hydrogen-bond donors (Lipinski definition) is 1. The van der Waals surface area contributed by atoms with Gasteiger partial charge in [0.2, 0.25) is 0 Å². The first-order valence-electron chi connectivity index (χ1n) is 5.61. The van der Waals surface area contributed by atoms with Crippen molar-refractivity contribution in [3.8, 4) is 0 Å². The molecule has 0 spiro atoms. The van der Waals surface area contributed by atoms with Gasteiger partial charge in [-0.1, -0.05) is 6.92 Å². The van der Waals surface area contributed by atoms with Gasteiger partial charge in [-0.05, 0) is 12.8 Å². The van der Waals surface area contributed by atoms with Gasteiger partial charge < -0.3 is 14.4 Å². The molecule has 17 heavy (non-hydrogen) atoms. The third-order valence-electron chi connectivity index (χ3n) is 2.96. The van der Waals surface area contributed by atoms with Gasteiger partial charge in [0.05, 0.1) is 0 Å². The molecule has 1 aliphatic rings. The summed E-state index contributed by atoms with van der Waals surface area (Å²) in [6.45, 7) is 2.32. The Morgan fingerprint density at radius 3 is 3.06 bits per heavy atom. The minimum atomic E-state index is -0.961. The lowest BCUT2D eigenvalue weighted by molar-refractivity contribution is -0.141. The summed E-state index contributed by atoms with van der Waals surface area (Å²) in [5.74, 6) is -0.802. The second kappa shape index (κ2) is 4.57. The van der Waals surface area contributed by atoms with Crippen LogP contribution in [0, 0.1) is 0 Å². The van der Waals surface area contributed by atoms with Crippen molar-refractivity contribution in [2.24, 2.45) is 0 Å². The van der Waals surface area contributed by atoms with E-state index in [-0.39, 0.29) is 11.6 Å². The van der Waals surface area contributed by atoms with Crippen LogP contribution in [-0.2, 0) is 11.2 Å². The summed E-state index contributed by atoms with van der Waals surface area (Å²) in [4.78, 5) is 28.4. The molecule has 1 aromatic rings. The average Bonchev–Trinajstić information content (AvgIpc) is 2.96. The molecule has 0 aromatic carbocycles. The van der Waals surface area contributed by atoms with Gasteiger partial charge in [0.15, 0.2) is 12.1 Å². The number of carboxylic acids is 1. The largest absolute Gasteiger partial charge is 0.480 e. The summed E-state index contributed by atoms with van der Waals surface area (Å²) >= 11 is 0. The number of carbonyl (C=O) groups excluding carboxylic acids is 1. The second-order valence-corrected chi connectivity index (χ2v) is 3.97. The van der Waals surface area contributed by atoms with E-state index >= 15 is 0 Å². The molecule has 1 fully saturated rings. The molecule has 6 heteroatoms. The van der Waals surface area contributed by atoms with E-state index in [4.69, 9.17) is 9.52 Å². The van der Waals surface area contributed by atoms with E-state index in [9.17, 15) is 9.59 Å². The predicted octanol–water partition coefficient (Wildman–Crippen LogP) is 0.926. The van der Waals surface area contributed by atoms with E-state index in [1.54, 1.807) is 0 Å². The van der Waals surface area contributed by atoms with Gasteiger partial charge in [0.1, 0.15) is 11.8 Å². The number of amides is 1. The monoisotopic (exact) mass is 238 g/mol. The maximum absolute atomic E-state index is 12.1. The number of nitrogens with zero attached hydrogens (tertiary/aromatic N) is 2. The van der Waals surface area contributed by atoms with Gasteiger partial charge in [-0.15, -0.1) is 0 Å². The number of rotatable bonds is 3. The van der Waals surface area contributed by atoms with Gasteiger partial charge in [-0.2, -0.15) is 0 Å². The smallest absolute Gasteiger partial charge is 0.326 e. The van der Waals surface area contributed by atoms with Crippen LogP contribution in [0.1, 0.15) is 36.0 Å². The maximum atomic E-state index is 12.1. The van der Waals surface area contributed by atoms with Gasteiger partial charge in [-0.3, -0.25) is 4.79 Å². The zero-order chi connectivity index (χ0) is 12.4. The Bertz CT molecular complexity index is 440. The zero-order valence-corrected chi connectivity index (χ0v) is 9.55. The fraction of sp³-hybridized carbons (Fsp3) is 0.545. The SMILES string of the molecule is CCc1ocnc1C(=O)N1CCC[C@@H]1C(=O)O. The molecule has 1 atom stereocenters. The molecule has 6 nitrogen and oxygen atoms in total. The van der Waals surface area contributed by atoms with Crippen molar-refractivity contribution in [1.29, 1.82) is 0 Å². The van der Waals surface area contributed by atoms with Crippen LogP contribution in [0.25, 0.3) is 0 Å². The maximum Gasteiger partial charge on any atom is 0.326 e. The summed E-state index contributed by atoms with van der Waals surface area (Å²) in [7, 11) is 0. The first kappa shape index (κ1) is 11.6. The van der Waals surface area contributed by atoms with E-state index < -0.39 is 12.0 Å². The highest BCUT2D eigenvalue weighted by molar-refractivity contribution is 5.96. The molecule has 0 saturated carbocycles. The highest BCUT2D eigenvalue weighted by atomic mass is 16.4. The fourth-order valence-corrected chi connectivity index (χ4v) is 2.10. The molecule has 1 aromatic heterocycles. The van der Waals surface area contributed by atoms with Crippen molar-refractivity contribution in [2.75, 3.05) is 6.54 Å². The summed E-state index contributed by atoms with van der Waals surface area (Å²) in [6, 6.07) is -0.732. The zero-order valence-electron chi connectivity index (χ0n) is 9.55. The van der Waals surface area contributed by atoms with Crippen LogP contribution in [0.15, 0.2) is 10.8 Å². The molecule has 0 aliphatic carbocycles. The van der Waals surface area contributed by atoms with Crippen molar-refractivity contribution in [3.05, 3.63) is 17.8 Å².